The van der Waals surface area contributed by atoms with E-state index in [0.29, 0.717) is 10.1 Å². The fourth-order valence-electron chi connectivity index (χ4n) is 3.58. The van der Waals surface area contributed by atoms with E-state index in [9.17, 15) is 4.79 Å². The molecule has 0 atom stereocenters. The number of amidine groups is 1. The highest BCUT2D eigenvalue weighted by atomic mass is 79.9. The number of thioether (sulfide) groups is 1. The van der Waals surface area contributed by atoms with Crippen molar-refractivity contribution in [2.75, 3.05) is 0 Å². The minimum absolute atomic E-state index is 0.114. The molecule has 1 saturated heterocycles. The van der Waals surface area contributed by atoms with E-state index < -0.39 is 0 Å². The summed E-state index contributed by atoms with van der Waals surface area (Å²) in [4.78, 5) is 17.8. The molecule has 1 aliphatic rings. The molecular formula is C24H22BrN3OS. The average molecular weight is 480 g/mol. The molecule has 0 spiro atoms. The highest BCUT2D eigenvalue weighted by molar-refractivity contribution is 9.10. The number of carbonyl (C=O) groups is 1. The van der Waals surface area contributed by atoms with Crippen LogP contribution in [0.15, 0.2) is 62.9 Å². The van der Waals surface area contributed by atoms with Crippen LogP contribution < -0.4 is 5.32 Å². The molecule has 3 aromatic rings. The molecule has 1 fully saturated rings. The van der Waals surface area contributed by atoms with Gasteiger partial charge in [0.2, 0.25) is 0 Å². The Balaban J connectivity index is 1.64. The van der Waals surface area contributed by atoms with Gasteiger partial charge in [0.15, 0.2) is 5.17 Å². The van der Waals surface area contributed by atoms with Gasteiger partial charge in [-0.05, 0) is 93.1 Å². The first-order valence-electron chi connectivity index (χ1n) is 9.63. The predicted molar refractivity (Wildman–Crippen MR) is 130 cm³/mol. The van der Waals surface area contributed by atoms with Gasteiger partial charge in [-0.3, -0.25) is 4.79 Å². The summed E-state index contributed by atoms with van der Waals surface area (Å²) in [6.45, 7) is 8.23. The fourth-order valence-corrected chi connectivity index (χ4v) is 4.67. The van der Waals surface area contributed by atoms with E-state index >= 15 is 0 Å². The number of carbonyl (C=O) groups excluding carboxylic acids is 1. The first kappa shape index (κ1) is 20.7. The third kappa shape index (κ3) is 4.16. The van der Waals surface area contributed by atoms with Crippen molar-refractivity contribution in [3.63, 3.8) is 0 Å². The third-order valence-corrected chi connectivity index (χ3v) is 6.51. The standard InChI is InChI=1S/C24H22BrN3OS/c1-14-5-10-21(15(2)11-14)26-24-27-23(29)22(30-24)13-18-12-16(3)28(17(18)4)20-8-6-19(25)7-9-20/h5-13H,1-4H3,(H,26,27,29)/b22-13-. The lowest BCUT2D eigenvalue weighted by atomic mass is 10.1. The number of aromatic nitrogens is 1. The topological polar surface area (TPSA) is 46.4 Å². The number of amides is 1. The Hall–Kier alpha value is -2.57. The van der Waals surface area contributed by atoms with Gasteiger partial charge < -0.3 is 9.88 Å². The van der Waals surface area contributed by atoms with Gasteiger partial charge in [0.25, 0.3) is 5.91 Å². The Morgan fingerprint density at radius 3 is 2.47 bits per heavy atom. The molecule has 1 aromatic heterocycles. The van der Waals surface area contributed by atoms with Crippen LogP contribution in [0, 0.1) is 27.7 Å². The molecule has 2 aromatic carbocycles. The lowest BCUT2D eigenvalue weighted by molar-refractivity contribution is -0.115. The first-order valence-corrected chi connectivity index (χ1v) is 11.2. The van der Waals surface area contributed by atoms with Crippen molar-refractivity contribution < 1.29 is 4.79 Å². The zero-order valence-corrected chi connectivity index (χ0v) is 19.7. The summed E-state index contributed by atoms with van der Waals surface area (Å²) in [5.74, 6) is -0.114. The number of halogens is 1. The number of aryl methyl sites for hydroxylation is 3. The van der Waals surface area contributed by atoms with E-state index in [1.807, 2.05) is 37.3 Å². The van der Waals surface area contributed by atoms with Crippen LogP contribution in [0.2, 0.25) is 0 Å². The summed E-state index contributed by atoms with van der Waals surface area (Å²) in [6, 6.07) is 16.4. The summed E-state index contributed by atoms with van der Waals surface area (Å²) >= 11 is 4.86. The summed E-state index contributed by atoms with van der Waals surface area (Å²) in [5.41, 5.74) is 7.50. The molecule has 6 heteroatoms. The Kier molecular flexibility index (Phi) is 5.71. The Labute approximate surface area is 189 Å². The van der Waals surface area contributed by atoms with E-state index in [4.69, 9.17) is 0 Å². The number of benzene rings is 2. The molecule has 1 N–H and O–H groups in total. The van der Waals surface area contributed by atoms with E-state index in [1.54, 1.807) is 0 Å². The number of hydrogen-bond donors (Lipinski definition) is 1. The van der Waals surface area contributed by atoms with Crippen molar-refractivity contribution in [2.24, 2.45) is 4.99 Å². The average Bonchev–Trinajstić information content (AvgIpc) is 3.17. The number of nitrogens with zero attached hydrogens (tertiary/aromatic N) is 2. The molecule has 2 heterocycles. The maximum Gasteiger partial charge on any atom is 0.264 e. The molecule has 0 aliphatic carbocycles. The van der Waals surface area contributed by atoms with Crippen LogP contribution in [0.1, 0.15) is 28.1 Å². The van der Waals surface area contributed by atoms with Crippen molar-refractivity contribution in [3.05, 3.63) is 86.0 Å². The van der Waals surface area contributed by atoms with E-state index in [-0.39, 0.29) is 5.91 Å². The SMILES string of the molecule is Cc1ccc(N=C2NC(=O)/C(=C/c3cc(C)n(-c4ccc(Br)cc4)c3C)S2)c(C)c1. The van der Waals surface area contributed by atoms with Gasteiger partial charge in [-0.2, -0.15) is 0 Å². The van der Waals surface area contributed by atoms with Crippen LogP contribution in [-0.4, -0.2) is 15.6 Å². The molecule has 30 heavy (non-hydrogen) atoms. The summed E-state index contributed by atoms with van der Waals surface area (Å²) in [7, 11) is 0. The maximum atomic E-state index is 12.5. The predicted octanol–water partition coefficient (Wildman–Crippen LogP) is 6.37. The lowest BCUT2D eigenvalue weighted by Crippen LogP contribution is -2.19. The van der Waals surface area contributed by atoms with Crippen LogP contribution in [0.5, 0.6) is 0 Å². The minimum atomic E-state index is -0.114. The van der Waals surface area contributed by atoms with E-state index in [2.05, 4.69) is 75.8 Å². The minimum Gasteiger partial charge on any atom is -0.318 e. The van der Waals surface area contributed by atoms with Gasteiger partial charge in [0.05, 0.1) is 10.6 Å². The Morgan fingerprint density at radius 1 is 1.03 bits per heavy atom. The highest BCUT2D eigenvalue weighted by Gasteiger charge is 2.24. The molecule has 4 nitrogen and oxygen atoms in total. The Morgan fingerprint density at radius 2 is 1.77 bits per heavy atom. The van der Waals surface area contributed by atoms with Gasteiger partial charge in [-0.25, -0.2) is 4.99 Å². The molecule has 4 rings (SSSR count). The molecule has 0 bridgehead atoms. The summed E-state index contributed by atoms with van der Waals surface area (Å²) < 4.78 is 3.24. The van der Waals surface area contributed by atoms with Crippen molar-refractivity contribution in [2.45, 2.75) is 27.7 Å². The van der Waals surface area contributed by atoms with E-state index in [0.717, 1.165) is 38.4 Å². The van der Waals surface area contributed by atoms with Crippen LogP contribution in [-0.2, 0) is 4.79 Å². The van der Waals surface area contributed by atoms with Crippen molar-refractivity contribution in [1.82, 2.24) is 9.88 Å². The molecule has 152 valence electrons. The molecule has 0 radical (unpaired) electrons. The second kappa shape index (κ2) is 8.28. The summed E-state index contributed by atoms with van der Waals surface area (Å²) in [5, 5.41) is 3.50. The maximum absolute atomic E-state index is 12.5. The van der Waals surface area contributed by atoms with Crippen molar-refractivity contribution in [3.8, 4) is 5.69 Å². The second-order valence-corrected chi connectivity index (χ2v) is 9.36. The van der Waals surface area contributed by atoms with Gasteiger partial charge in [0.1, 0.15) is 0 Å². The van der Waals surface area contributed by atoms with E-state index in [1.165, 1.54) is 17.3 Å². The normalized spacial score (nSPS) is 16.5. The highest BCUT2D eigenvalue weighted by Crippen LogP contribution is 2.31. The molecule has 1 amide bonds. The zero-order chi connectivity index (χ0) is 21.4. The Bertz CT molecular complexity index is 1210. The fraction of sp³-hybridized carbons (Fsp3) is 0.167. The molecule has 0 unspecified atom stereocenters. The number of hydrogen-bond acceptors (Lipinski definition) is 3. The monoisotopic (exact) mass is 479 g/mol. The van der Waals surface area contributed by atoms with Gasteiger partial charge in [0, 0.05) is 21.5 Å². The quantitative estimate of drug-likeness (QED) is 0.443. The number of nitrogens with one attached hydrogen (secondary N) is 1. The number of rotatable bonds is 3. The van der Waals surface area contributed by atoms with Crippen LogP contribution in [0.25, 0.3) is 11.8 Å². The third-order valence-electron chi connectivity index (χ3n) is 5.07. The first-order chi connectivity index (χ1) is 14.3. The molecular weight excluding hydrogens is 458 g/mol. The van der Waals surface area contributed by atoms with Crippen molar-refractivity contribution in [1.29, 1.82) is 0 Å². The van der Waals surface area contributed by atoms with Crippen LogP contribution in [0.4, 0.5) is 5.69 Å². The number of aliphatic imine (C=N–C) groups is 1. The second-order valence-electron chi connectivity index (χ2n) is 7.41. The summed E-state index contributed by atoms with van der Waals surface area (Å²) in [6.07, 6.45) is 1.95. The van der Waals surface area contributed by atoms with Crippen LogP contribution in [0.3, 0.4) is 0 Å². The largest absolute Gasteiger partial charge is 0.318 e. The van der Waals surface area contributed by atoms with Gasteiger partial charge >= 0.3 is 0 Å². The van der Waals surface area contributed by atoms with Gasteiger partial charge in [-0.1, -0.05) is 33.6 Å². The molecule has 1 aliphatic heterocycles. The van der Waals surface area contributed by atoms with Crippen LogP contribution >= 0.6 is 27.7 Å². The van der Waals surface area contributed by atoms with Crippen molar-refractivity contribution >= 4 is 50.5 Å². The molecule has 0 saturated carbocycles. The zero-order valence-electron chi connectivity index (χ0n) is 17.3. The smallest absolute Gasteiger partial charge is 0.264 e. The lowest BCUT2D eigenvalue weighted by Gasteiger charge is -2.09. The van der Waals surface area contributed by atoms with Gasteiger partial charge in [-0.15, -0.1) is 0 Å².